The SMILES string of the molecule is CC1(C2=NC(C)(C3CC3)ON2)CCNCC1. The van der Waals surface area contributed by atoms with E-state index in [0.717, 1.165) is 31.8 Å². The molecule has 4 heteroatoms. The van der Waals surface area contributed by atoms with Crippen LogP contribution >= 0.6 is 0 Å². The zero-order chi connectivity index (χ0) is 11.2. The van der Waals surface area contributed by atoms with Crippen LogP contribution in [0, 0.1) is 11.3 Å². The van der Waals surface area contributed by atoms with Crippen LogP contribution in [0.15, 0.2) is 4.99 Å². The summed E-state index contributed by atoms with van der Waals surface area (Å²) in [5.74, 6) is 1.70. The van der Waals surface area contributed by atoms with Gasteiger partial charge < -0.3 is 5.32 Å². The summed E-state index contributed by atoms with van der Waals surface area (Å²) in [6.45, 7) is 6.56. The Balaban J connectivity index is 1.79. The van der Waals surface area contributed by atoms with Crippen molar-refractivity contribution in [2.75, 3.05) is 13.1 Å². The molecule has 0 radical (unpaired) electrons. The van der Waals surface area contributed by atoms with E-state index in [1.807, 2.05) is 0 Å². The van der Waals surface area contributed by atoms with Gasteiger partial charge in [0.2, 0.25) is 0 Å². The predicted octanol–water partition coefficient (Wildman–Crippen LogP) is 1.44. The van der Waals surface area contributed by atoms with Gasteiger partial charge in [-0.25, -0.2) is 15.3 Å². The van der Waals surface area contributed by atoms with Crippen LogP contribution < -0.4 is 10.8 Å². The van der Waals surface area contributed by atoms with Crippen LogP contribution in [-0.2, 0) is 4.84 Å². The highest BCUT2D eigenvalue weighted by molar-refractivity contribution is 5.88. The maximum Gasteiger partial charge on any atom is 0.187 e. The summed E-state index contributed by atoms with van der Waals surface area (Å²) in [6.07, 6.45) is 4.80. The Bertz CT molecular complexity index is 318. The van der Waals surface area contributed by atoms with Crippen LogP contribution in [0.3, 0.4) is 0 Å². The summed E-state index contributed by atoms with van der Waals surface area (Å²) in [5, 5.41) is 3.40. The molecule has 0 spiro atoms. The van der Waals surface area contributed by atoms with Gasteiger partial charge in [-0.3, -0.25) is 0 Å². The molecule has 2 N–H and O–H groups in total. The van der Waals surface area contributed by atoms with Crippen molar-refractivity contribution in [1.29, 1.82) is 0 Å². The fourth-order valence-electron chi connectivity index (χ4n) is 2.69. The first-order valence-electron chi connectivity index (χ1n) is 6.37. The zero-order valence-electron chi connectivity index (χ0n) is 10.2. The molecule has 0 bridgehead atoms. The van der Waals surface area contributed by atoms with E-state index in [-0.39, 0.29) is 11.1 Å². The first-order valence-corrected chi connectivity index (χ1v) is 6.37. The molecule has 2 aliphatic heterocycles. The number of nitrogens with one attached hydrogen (secondary N) is 2. The van der Waals surface area contributed by atoms with E-state index in [9.17, 15) is 0 Å². The molecule has 0 aromatic carbocycles. The minimum absolute atomic E-state index is 0.178. The van der Waals surface area contributed by atoms with Gasteiger partial charge in [0.1, 0.15) is 5.84 Å². The second kappa shape index (κ2) is 3.44. The molecule has 0 amide bonds. The molecule has 0 aromatic heterocycles. The van der Waals surface area contributed by atoms with E-state index in [0.29, 0.717) is 5.92 Å². The first kappa shape index (κ1) is 10.5. The second-order valence-corrected chi connectivity index (χ2v) is 5.80. The summed E-state index contributed by atoms with van der Waals surface area (Å²) in [7, 11) is 0. The molecule has 3 rings (SSSR count). The second-order valence-electron chi connectivity index (χ2n) is 5.80. The van der Waals surface area contributed by atoms with Crippen molar-refractivity contribution in [2.24, 2.45) is 16.3 Å². The Morgan fingerprint density at radius 3 is 2.56 bits per heavy atom. The van der Waals surface area contributed by atoms with Gasteiger partial charge in [0.15, 0.2) is 5.72 Å². The zero-order valence-corrected chi connectivity index (χ0v) is 10.2. The molecular formula is C12H21N3O. The molecule has 1 aliphatic carbocycles. The number of nitrogens with zero attached hydrogens (tertiary/aromatic N) is 1. The molecule has 16 heavy (non-hydrogen) atoms. The van der Waals surface area contributed by atoms with Crippen LogP contribution in [0.4, 0.5) is 0 Å². The van der Waals surface area contributed by atoms with Gasteiger partial charge in [-0.05, 0) is 45.7 Å². The summed E-state index contributed by atoms with van der Waals surface area (Å²) in [5.41, 5.74) is 2.99. The van der Waals surface area contributed by atoms with Crippen molar-refractivity contribution in [2.45, 2.75) is 45.3 Å². The minimum atomic E-state index is -0.288. The van der Waals surface area contributed by atoms with Gasteiger partial charge in [0.25, 0.3) is 0 Å². The smallest absolute Gasteiger partial charge is 0.187 e. The minimum Gasteiger partial charge on any atom is -0.317 e. The lowest BCUT2D eigenvalue weighted by Crippen LogP contribution is -2.44. The molecule has 3 aliphatic rings. The van der Waals surface area contributed by atoms with Crippen molar-refractivity contribution >= 4 is 5.84 Å². The third-order valence-electron chi connectivity index (χ3n) is 4.30. The van der Waals surface area contributed by atoms with Crippen molar-refractivity contribution in [3.8, 4) is 0 Å². The van der Waals surface area contributed by atoms with Crippen molar-refractivity contribution in [3.05, 3.63) is 0 Å². The molecule has 90 valence electrons. The number of amidine groups is 1. The highest BCUT2D eigenvalue weighted by Gasteiger charge is 2.49. The van der Waals surface area contributed by atoms with E-state index in [2.05, 4.69) is 24.6 Å². The quantitative estimate of drug-likeness (QED) is 0.744. The van der Waals surface area contributed by atoms with Crippen LogP contribution in [-0.4, -0.2) is 24.7 Å². The van der Waals surface area contributed by atoms with Crippen molar-refractivity contribution < 1.29 is 4.84 Å². The topological polar surface area (TPSA) is 45.6 Å². The molecular weight excluding hydrogens is 202 g/mol. The summed E-state index contributed by atoms with van der Waals surface area (Å²) < 4.78 is 0. The third-order valence-corrected chi connectivity index (χ3v) is 4.30. The van der Waals surface area contributed by atoms with Crippen LogP contribution in [0.25, 0.3) is 0 Å². The average Bonchev–Trinajstić information content (AvgIpc) is 3.05. The molecule has 1 atom stereocenters. The maximum absolute atomic E-state index is 5.72. The van der Waals surface area contributed by atoms with Gasteiger partial charge in [0.05, 0.1) is 0 Å². The molecule has 0 aromatic rings. The van der Waals surface area contributed by atoms with Gasteiger partial charge in [0, 0.05) is 11.3 Å². The summed E-state index contributed by atoms with van der Waals surface area (Å²) >= 11 is 0. The maximum atomic E-state index is 5.72. The lowest BCUT2D eigenvalue weighted by atomic mass is 9.80. The lowest BCUT2D eigenvalue weighted by Gasteiger charge is -2.33. The Labute approximate surface area is 96.8 Å². The number of hydrogen-bond donors (Lipinski definition) is 2. The van der Waals surface area contributed by atoms with Crippen molar-refractivity contribution in [1.82, 2.24) is 10.8 Å². The van der Waals surface area contributed by atoms with Gasteiger partial charge in [-0.2, -0.15) is 0 Å². The molecule has 1 saturated carbocycles. The van der Waals surface area contributed by atoms with E-state index < -0.39 is 0 Å². The summed E-state index contributed by atoms with van der Waals surface area (Å²) in [4.78, 5) is 10.6. The normalized spacial score (nSPS) is 38.0. The van der Waals surface area contributed by atoms with Crippen molar-refractivity contribution in [3.63, 3.8) is 0 Å². The summed E-state index contributed by atoms with van der Waals surface area (Å²) in [6, 6.07) is 0. The van der Waals surface area contributed by atoms with Crippen LogP contribution in [0.2, 0.25) is 0 Å². The monoisotopic (exact) mass is 223 g/mol. The van der Waals surface area contributed by atoms with Gasteiger partial charge >= 0.3 is 0 Å². The third kappa shape index (κ3) is 1.64. The number of hydrogen-bond acceptors (Lipinski definition) is 4. The molecule has 1 unspecified atom stereocenters. The predicted molar refractivity (Wildman–Crippen MR) is 63.0 cm³/mol. The fraction of sp³-hybridized carbons (Fsp3) is 0.917. The Hall–Kier alpha value is -0.610. The Morgan fingerprint density at radius 2 is 1.94 bits per heavy atom. The highest BCUT2D eigenvalue weighted by Crippen LogP contribution is 2.45. The number of hydroxylamine groups is 1. The average molecular weight is 223 g/mol. The van der Waals surface area contributed by atoms with Crippen LogP contribution in [0.5, 0.6) is 0 Å². The first-order chi connectivity index (χ1) is 7.62. The Kier molecular flexibility index (Phi) is 2.27. The molecule has 2 heterocycles. The Morgan fingerprint density at radius 1 is 1.25 bits per heavy atom. The number of aliphatic imine (C=N–C) groups is 1. The van der Waals surface area contributed by atoms with E-state index in [4.69, 9.17) is 9.83 Å². The van der Waals surface area contributed by atoms with E-state index in [1.54, 1.807) is 0 Å². The number of rotatable bonds is 2. The lowest BCUT2D eigenvalue weighted by molar-refractivity contribution is -0.0573. The van der Waals surface area contributed by atoms with Gasteiger partial charge in [-0.15, -0.1) is 0 Å². The standard InChI is InChI=1S/C12H21N3O/c1-11(5-7-13-8-6-11)10-14-12(2,16-15-10)9-3-4-9/h9,13H,3-8H2,1-2H3,(H,14,15). The van der Waals surface area contributed by atoms with Crippen LogP contribution in [0.1, 0.15) is 39.5 Å². The molecule has 2 fully saturated rings. The number of piperidine rings is 1. The molecule has 1 saturated heterocycles. The fourth-order valence-corrected chi connectivity index (χ4v) is 2.69. The molecule has 4 nitrogen and oxygen atoms in total. The largest absolute Gasteiger partial charge is 0.317 e. The van der Waals surface area contributed by atoms with Gasteiger partial charge in [-0.1, -0.05) is 6.92 Å². The highest BCUT2D eigenvalue weighted by atomic mass is 16.7. The van der Waals surface area contributed by atoms with E-state index in [1.165, 1.54) is 12.8 Å². The van der Waals surface area contributed by atoms with E-state index >= 15 is 0 Å².